The summed E-state index contributed by atoms with van der Waals surface area (Å²) < 4.78 is 11.1. The zero-order valence-electron chi connectivity index (χ0n) is 9.33. The van der Waals surface area contributed by atoms with Crippen LogP contribution in [0.3, 0.4) is 0 Å². The number of benzene rings is 1. The largest absolute Gasteiger partial charge is 0.486 e. The van der Waals surface area contributed by atoms with Crippen LogP contribution in [0.15, 0.2) is 18.2 Å². The number of hydrogen-bond acceptors (Lipinski definition) is 2. The molecular formula is C12H18O2. The molecule has 0 aromatic heterocycles. The van der Waals surface area contributed by atoms with Gasteiger partial charge in [-0.2, -0.15) is 0 Å². The van der Waals surface area contributed by atoms with Crippen molar-refractivity contribution in [3.8, 4) is 11.5 Å². The van der Waals surface area contributed by atoms with Gasteiger partial charge in [0.15, 0.2) is 11.5 Å². The molecule has 0 amide bonds. The number of aryl methyl sites for hydroxylation is 1. The van der Waals surface area contributed by atoms with Crippen LogP contribution >= 0.6 is 0 Å². The van der Waals surface area contributed by atoms with Gasteiger partial charge < -0.3 is 9.47 Å². The molecule has 1 unspecified atom stereocenters. The van der Waals surface area contributed by atoms with Crippen molar-refractivity contribution < 1.29 is 9.47 Å². The van der Waals surface area contributed by atoms with Crippen LogP contribution in [0.5, 0.6) is 11.5 Å². The third-order valence-corrected chi connectivity index (χ3v) is 1.90. The number of hydrogen-bond donors (Lipinski definition) is 0. The molecule has 0 spiro atoms. The van der Waals surface area contributed by atoms with Crippen LogP contribution in [0.1, 0.15) is 26.3 Å². The van der Waals surface area contributed by atoms with Crippen molar-refractivity contribution in [2.75, 3.05) is 6.61 Å². The molecule has 0 fully saturated rings. The van der Waals surface area contributed by atoms with E-state index in [4.69, 9.17) is 9.47 Å². The maximum absolute atomic E-state index is 5.56. The second kappa shape index (κ2) is 4.89. The fourth-order valence-corrected chi connectivity index (χ4v) is 1.28. The lowest BCUT2D eigenvalue weighted by Gasteiger charge is -2.23. The molecule has 0 radical (unpaired) electrons. The van der Waals surface area contributed by atoms with Crippen LogP contribution < -0.4 is 9.47 Å². The molecule has 1 heterocycles. The fourth-order valence-electron chi connectivity index (χ4n) is 1.28. The molecule has 2 heteroatoms. The van der Waals surface area contributed by atoms with Crippen molar-refractivity contribution in [3.63, 3.8) is 0 Å². The number of fused-ring (bicyclic) bond motifs is 1. The van der Waals surface area contributed by atoms with Gasteiger partial charge in [0.1, 0.15) is 12.7 Å². The standard InChI is InChI=1S/C10H12O2.C2H6/c1-7-3-4-9-10(5-7)11-6-8(2)12-9;1-2/h3-5,8H,6H2,1-2H3;1-2H3. The topological polar surface area (TPSA) is 18.5 Å². The van der Waals surface area contributed by atoms with E-state index in [1.54, 1.807) is 0 Å². The molecule has 0 aliphatic carbocycles. The summed E-state index contributed by atoms with van der Waals surface area (Å²) in [4.78, 5) is 0. The second-order valence-electron chi connectivity index (χ2n) is 3.19. The highest BCUT2D eigenvalue weighted by atomic mass is 16.6. The first-order valence-electron chi connectivity index (χ1n) is 5.16. The Morgan fingerprint density at radius 1 is 1.21 bits per heavy atom. The van der Waals surface area contributed by atoms with E-state index in [0.29, 0.717) is 6.61 Å². The maximum atomic E-state index is 5.56. The van der Waals surface area contributed by atoms with Gasteiger partial charge in [-0.25, -0.2) is 0 Å². The Morgan fingerprint density at radius 3 is 2.64 bits per heavy atom. The van der Waals surface area contributed by atoms with Gasteiger partial charge in [-0.1, -0.05) is 19.9 Å². The van der Waals surface area contributed by atoms with Crippen LogP contribution in [0.4, 0.5) is 0 Å². The summed E-state index contributed by atoms with van der Waals surface area (Å²) in [6, 6.07) is 5.99. The highest BCUT2D eigenvalue weighted by Crippen LogP contribution is 2.31. The van der Waals surface area contributed by atoms with Gasteiger partial charge in [-0.05, 0) is 31.5 Å². The highest BCUT2D eigenvalue weighted by molar-refractivity contribution is 5.43. The molecule has 2 nitrogen and oxygen atoms in total. The molecule has 2 rings (SSSR count). The lowest BCUT2D eigenvalue weighted by molar-refractivity contribution is 0.104. The quantitative estimate of drug-likeness (QED) is 0.631. The predicted molar refractivity (Wildman–Crippen MR) is 58.1 cm³/mol. The minimum Gasteiger partial charge on any atom is -0.486 e. The minimum atomic E-state index is 0.167. The van der Waals surface area contributed by atoms with E-state index in [0.717, 1.165) is 11.5 Å². The lowest BCUT2D eigenvalue weighted by Crippen LogP contribution is -2.25. The first-order chi connectivity index (χ1) is 6.75. The first-order valence-corrected chi connectivity index (χ1v) is 5.16. The van der Waals surface area contributed by atoms with Crippen LogP contribution in [-0.2, 0) is 0 Å². The predicted octanol–water partition coefficient (Wildman–Crippen LogP) is 3.18. The van der Waals surface area contributed by atoms with Crippen molar-refractivity contribution in [3.05, 3.63) is 23.8 Å². The van der Waals surface area contributed by atoms with Crippen molar-refractivity contribution in [1.82, 2.24) is 0 Å². The van der Waals surface area contributed by atoms with Crippen LogP contribution in [0.2, 0.25) is 0 Å². The van der Waals surface area contributed by atoms with E-state index in [1.807, 2.05) is 45.9 Å². The highest BCUT2D eigenvalue weighted by Gasteiger charge is 2.16. The Hall–Kier alpha value is -1.18. The average molecular weight is 194 g/mol. The average Bonchev–Trinajstić information content (AvgIpc) is 2.21. The summed E-state index contributed by atoms with van der Waals surface area (Å²) in [5.41, 5.74) is 1.20. The van der Waals surface area contributed by atoms with Gasteiger partial charge in [-0.15, -0.1) is 0 Å². The van der Waals surface area contributed by atoms with Gasteiger partial charge in [0.05, 0.1) is 0 Å². The van der Waals surface area contributed by atoms with E-state index in [9.17, 15) is 0 Å². The number of ether oxygens (including phenoxy) is 2. The van der Waals surface area contributed by atoms with E-state index in [1.165, 1.54) is 5.56 Å². The summed E-state index contributed by atoms with van der Waals surface area (Å²) in [6.07, 6.45) is 0.167. The monoisotopic (exact) mass is 194 g/mol. The molecule has 0 N–H and O–H groups in total. The molecule has 1 aromatic rings. The van der Waals surface area contributed by atoms with Gasteiger partial charge in [0.25, 0.3) is 0 Å². The molecule has 1 atom stereocenters. The van der Waals surface area contributed by atoms with Gasteiger partial charge in [-0.3, -0.25) is 0 Å². The van der Waals surface area contributed by atoms with Gasteiger partial charge in [0, 0.05) is 0 Å². The van der Waals surface area contributed by atoms with E-state index in [-0.39, 0.29) is 6.10 Å². The van der Waals surface area contributed by atoms with E-state index < -0.39 is 0 Å². The zero-order chi connectivity index (χ0) is 10.6. The fraction of sp³-hybridized carbons (Fsp3) is 0.500. The van der Waals surface area contributed by atoms with Gasteiger partial charge in [0.2, 0.25) is 0 Å². The molecule has 1 aliphatic heterocycles. The van der Waals surface area contributed by atoms with Gasteiger partial charge >= 0.3 is 0 Å². The Kier molecular flexibility index (Phi) is 3.81. The SMILES string of the molecule is CC.Cc1ccc2c(c1)OCC(C)O2. The minimum absolute atomic E-state index is 0.167. The normalized spacial score (nSPS) is 18.1. The molecule has 0 bridgehead atoms. The Labute approximate surface area is 85.8 Å². The third-order valence-electron chi connectivity index (χ3n) is 1.90. The van der Waals surface area contributed by atoms with Crippen molar-refractivity contribution in [1.29, 1.82) is 0 Å². The molecule has 0 saturated carbocycles. The Bertz CT molecular complexity index is 294. The van der Waals surface area contributed by atoms with Crippen molar-refractivity contribution in [2.24, 2.45) is 0 Å². The van der Waals surface area contributed by atoms with Crippen LogP contribution in [0.25, 0.3) is 0 Å². The van der Waals surface area contributed by atoms with Crippen LogP contribution in [-0.4, -0.2) is 12.7 Å². The summed E-state index contributed by atoms with van der Waals surface area (Å²) in [5, 5.41) is 0. The van der Waals surface area contributed by atoms with E-state index >= 15 is 0 Å². The third kappa shape index (κ3) is 2.41. The summed E-state index contributed by atoms with van der Waals surface area (Å²) >= 11 is 0. The van der Waals surface area contributed by atoms with E-state index in [2.05, 4.69) is 0 Å². The Balaban J connectivity index is 0.000000461. The summed E-state index contributed by atoms with van der Waals surface area (Å²) in [5.74, 6) is 1.73. The van der Waals surface area contributed by atoms with Crippen molar-refractivity contribution in [2.45, 2.75) is 33.8 Å². The van der Waals surface area contributed by atoms with Crippen LogP contribution in [0, 0.1) is 6.92 Å². The summed E-state index contributed by atoms with van der Waals surface area (Å²) in [6.45, 7) is 8.70. The molecule has 78 valence electrons. The molecule has 14 heavy (non-hydrogen) atoms. The number of rotatable bonds is 0. The molecular weight excluding hydrogens is 176 g/mol. The Morgan fingerprint density at radius 2 is 1.93 bits per heavy atom. The molecule has 1 aliphatic rings. The zero-order valence-corrected chi connectivity index (χ0v) is 9.33. The first kappa shape index (κ1) is 10.9. The lowest BCUT2D eigenvalue weighted by atomic mass is 10.2. The van der Waals surface area contributed by atoms with Crippen molar-refractivity contribution >= 4 is 0 Å². The molecule has 0 saturated heterocycles. The smallest absolute Gasteiger partial charge is 0.161 e. The summed E-state index contributed by atoms with van der Waals surface area (Å²) in [7, 11) is 0. The molecule has 1 aromatic carbocycles. The second-order valence-corrected chi connectivity index (χ2v) is 3.19. The maximum Gasteiger partial charge on any atom is 0.161 e.